The predicted molar refractivity (Wildman–Crippen MR) is 122 cm³/mol. The number of H-pyrrole nitrogens is 1. The maximum absolute atomic E-state index is 13.9. The summed E-state index contributed by atoms with van der Waals surface area (Å²) in [4.78, 5) is 17.3. The normalized spacial score (nSPS) is 12.7. The number of halogens is 4. The lowest BCUT2D eigenvalue weighted by molar-refractivity contribution is -0.144. The number of para-hydroxylation sites is 1. The number of allylic oxidation sites excluding steroid dienone is 1. The minimum atomic E-state index is -4.75. The maximum Gasteiger partial charge on any atom is 0.451 e. The van der Waals surface area contributed by atoms with Gasteiger partial charge in [-0.2, -0.15) is 18.4 Å². The Balaban J connectivity index is 2.07. The Labute approximate surface area is 196 Å². The van der Waals surface area contributed by atoms with Gasteiger partial charge in [0.2, 0.25) is 5.82 Å². The van der Waals surface area contributed by atoms with Gasteiger partial charge in [-0.05, 0) is 23.9 Å². The van der Waals surface area contributed by atoms with Gasteiger partial charge < -0.3 is 16.5 Å². The van der Waals surface area contributed by atoms with Crippen molar-refractivity contribution in [1.82, 2.24) is 15.0 Å². The molecule has 0 aliphatic rings. The first kappa shape index (κ1) is 24.8. The summed E-state index contributed by atoms with van der Waals surface area (Å²) in [6.07, 6.45) is 0.263. The van der Waals surface area contributed by atoms with E-state index in [0.29, 0.717) is 11.9 Å². The number of hydrogen-bond acceptors (Lipinski definition) is 6. The SMILES string of the molecule is N#Cc1c(CC(C=Nc2ccccc2F)=CN)[nH]c(C(N)=NC=N)c1-c1cnc(C(F)(F)F)nc1. The van der Waals surface area contributed by atoms with Gasteiger partial charge in [0.15, 0.2) is 0 Å². The minimum absolute atomic E-state index is 0.00368. The fraction of sp³-hybridized carbons (Fsp3) is 0.0909. The van der Waals surface area contributed by atoms with Crippen LogP contribution in [0.5, 0.6) is 0 Å². The van der Waals surface area contributed by atoms with Crippen molar-refractivity contribution in [2.75, 3.05) is 0 Å². The number of nitrogens with two attached hydrogens (primary N) is 2. The summed E-state index contributed by atoms with van der Waals surface area (Å²) in [5.74, 6) is -2.09. The van der Waals surface area contributed by atoms with Crippen LogP contribution in [0.1, 0.15) is 22.8 Å². The molecule has 0 radical (unpaired) electrons. The largest absolute Gasteiger partial charge is 0.451 e. The number of nitrogens with zero attached hydrogens (tertiary/aromatic N) is 5. The summed E-state index contributed by atoms with van der Waals surface area (Å²) in [5.41, 5.74) is 12.6. The van der Waals surface area contributed by atoms with Crippen LogP contribution in [-0.4, -0.2) is 33.3 Å². The molecule has 1 aromatic carbocycles. The lowest BCUT2D eigenvalue weighted by Gasteiger charge is -2.07. The van der Waals surface area contributed by atoms with E-state index in [4.69, 9.17) is 16.9 Å². The van der Waals surface area contributed by atoms with Gasteiger partial charge in [-0.25, -0.2) is 19.4 Å². The van der Waals surface area contributed by atoms with E-state index in [-0.39, 0.29) is 46.0 Å². The molecule has 0 aliphatic heterocycles. The standard InChI is InChI=1S/C22H17F4N9/c23-15-3-1-2-4-16(15)31-8-12(6-27)5-17-14(7-28)18(19(35-17)20(30)34-11-29)13-9-32-21(33-10-13)22(24,25)26/h1-4,6,8-11,35H,5,27H2,(H3,29,30,34). The van der Waals surface area contributed by atoms with E-state index in [2.05, 4.69) is 24.9 Å². The predicted octanol–water partition coefficient (Wildman–Crippen LogP) is 3.60. The highest BCUT2D eigenvalue weighted by Crippen LogP contribution is 2.32. The van der Waals surface area contributed by atoms with Crippen molar-refractivity contribution in [2.24, 2.45) is 21.5 Å². The molecule has 0 unspecified atom stereocenters. The first-order valence-corrected chi connectivity index (χ1v) is 9.76. The number of alkyl halides is 3. The molecule has 0 spiro atoms. The van der Waals surface area contributed by atoms with Gasteiger partial charge in [0.1, 0.15) is 24.1 Å². The van der Waals surface area contributed by atoms with Gasteiger partial charge >= 0.3 is 6.18 Å². The van der Waals surface area contributed by atoms with Gasteiger partial charge in [0.25, 0.3) is 0 Å². The van der Waals surface area contributed by atoms with Crippen molar-refractivity contribution in [3.05, 3.63) is 77.0 Å². The molecule has 0 atom stereocenters. The molecule has 0 saturated heterocycles. The third-order valence-electron chi connectivity index (χ3n) is 4.66. The molecule has 0 fully saturated rings. The maximum atomic E-state index is 13.9. The molecule has 35 heavy (non-hydrogen) atoms. The monoisotopic (exact) mass is 483 g/mol. The molecule has 178 valence electrons. The molecule has 13 heteroatoms. The van der Waals surface area contributed by atoms with Gasteiger partial charge in [-0.15, -0.1) is 0 Å². The van der Waals surface area contributed by atoms with Gasteiger partial charge in [0, 0.05) is 41.8 Å². The molecule has 3 aromatic rings. The Morgan fingerprint density at radius 2 is 1.91 bits per heavy atom. The van der Waals surface area contributed by atoms with Crippen molar-refractivity contribution in [3.63, 3.8) is 0 Å². The summed E-state index contributed by atoms with van der Waals surface area (Å²) in [6.45, 7) is 0. The van der Waals surface area contributed by atoms with Gasteiger partial charge in [-0.3, -0.25) is 10.4 Å². The molecule has 9 nitrogen and oxygen atoms in total. The molecular formula is C22H17F4N9. The average Bonchev–Trinajstić information content (AvgIpc) is 3.20. The molecule has 0 aliphatic carbocycles. The van der Waals surface area contributed by atoms with Crippen molar-refractivity contribution in [1.29, 1.82) is 10.7 Å². The van der Waals surface area contributed by atoms with E-state index >= 15 is 0 Å². The summed E-state index contributed by atoms with van der Waals surface area (Å²) in [6, 6.07) is 7.82. The van der Waals surface area contributed by atoms with Crippen LogP contribution in [0.2, 0.25) is 0 Å². The summed E-state index contributed by atoms with van der Waals surface area (Å²) < 4.78 is 52.5. The van der Waals surface area contributed by atoms with E-state index in [1.807, 2.05) is 6.07 Å². The molecular weight excluding hydrogens is 466 g/mol. The second-order valence-electron chi connectivity index (χ2n) is 6.90. The molecule has 0 bridgehead atoms. The van der Waals surface area contributed by atoms with Crippen LogP contribution in [0.4, 0.5) is 23.2 Å². The second kappa shape index (κ2) is 10.4. The number of nitrogens with one attached hydrogen (secondary N) is 2. The van der Waals surface area contributed by atoms with Crippen molar-refractivity contribution in [2.45, 2.75) is 12.6 Å². The third kappa shape index (κ3) is 5.56. The fourth-order valence-electron chi connectivity index (χ4n) is 3.09. The fourth-order valence-corrected chi connectivity index (χ4v) is 3.09. The van der Waals surface area contributed by atoms with Gasteiger partial charge in [-0.1, -0.05) is 12.1 Å². The highest BCUT2D eigenvalue weighted by molar-refractivity contribution is 6.06. The minimum Gasteiger partial charge on any atom is -0.404 e. The first-order valence-electron chi connectivity index (χ1n) is 9.76. The Kier molecular flexibility index (Phi) is 7.35. The number of benzene rings is 1. The molecule has 2 aromatic heterocycles. The zero-order chi connectivity index (χ0) is 25.6. The summed E-state index contributed by atoms with van der Waals surface area (Å²) in [7, 11) is 0. The lowest BCUT2D eigenvalue weighted by Crippen LogP contribution is -2.15. The zero-order valence-corrected chi connectivity index (χ0v) is 17.8. The summed E-state index contributed by atoms with van der Waals surface area (Å²) in [5, 5.41) is 17.0. The van der Waals surface area contributed by atoms with Crippen LogP contribution in [-0.2, 0) is 12.6 Å². The number of aromatic amines is 1. The molecule has 3 rings (SSSR count). The number of hydrogen-bond donors (Lipinski definition) is 4. The highest BCUT2D eigenvalue weighted by atomic mass is 19.4. The molecule has 2 heterocycles. The van der Waals surface area contributed by atoms with E-state index in [9.17, 15) is 22.8 Å². The van der Waals surface area contributed by atoms with E-state index < -0.39 is 17.8 Å². The average molecular weight is 483 g/mol. The Hall–Kier alpha value is -4.86. The number of amidine groups is 1. The number of aromatic nitrogens is 3. The van der Waals surface area contributed by atoms with Crippen molar-refractivity contribution < 1.29 is 17.6 Å². The zero-order valence-electron chi connectivity index (χ0n) is 17.8. The lowest BCUT2D eigenvalue weighted by atomic mass is 10.0. The first-order chi connectivity index (χ1) is 16.7. The second-order valence-corrected chi connectivity index (χ2v) is 6.90. The van der Waals surface area contributed by atoms with Crippen LogP contribution >= 0.6 is 0 Å². The summed E-state index contributed by atoms with van der Waals surface area (Å²) >= 11 is 0. The molecule has 0 amide bonds. The van der Waals surface area contributed by atoms with E-state index in [1.54, 1.807) is 6.07 Å². The molecule has 6 N–H and O–H groups in total. The molecule has 0 saturated carbocycles. The van der Waals surface area contributed by atoms with E-state index in [0.717, 1.165) is 12.4 Å². The smallest absolute Gasteiger partial charge is 0.404 e. The number of rotatable bonds is 7. The van der Waals surface area contributed by atoms with Crippen LogP contribution in [0.15, 0.2) is 58.4 Å². The number of nitriles is 1. The topological polar surface area (TPSA) is 166 Å². The van der Waals surface area contributed by atoms with Crippen LogP contribution < -0.4 is 11.5 Å². The Bertz CT molecular complexity index is 1360. The Morgan fingerprint density at radius 3 is 2.49 bits per heavy atom. The van der Waals surface area contributed by atoms with Crippen LogP contribution in [0, 0.1) is 22.6 Å². The van der Waals surface area contributed by atoms with Crippen LogP contribution in [0.3, 0.4) is 0 Å². The van der Waals surface area contributed by atoms with Crippen LogP contribution in [0.25, 0.3) is 11.1 Å². The quantitative estimate of drug-likeness (QED) is 0.229. The highest BCUT2D eigenvalue weighted by Gasteiger charge is 2.34. The Morgan fingerprint density at radius 1 is 1.23 bits per heavy atom. The third-order valence-corrected chi connectivity index (χ3v) is 4.66. The van der Waals surface area contributed by atoms with E-state index in [1.165, 1.54) is 30.6 Å². The number of aliphatic imine (C=N–C) groups is 2. The van der Waals surface area contributed by atoms with Crippen molar-refractivity contribution in [3.8, 4) is 17.2 Å². The van der Waals surface area contributed by atoms with Crippen molar-refractivity contribution >= 4 is 24.1 Å². The van der Waals surface area contributed by atoms with Gasteiger partial charge in [0.05, 0.1) is 16.9 Å².